The molecule has 0 fully saturated rings. The van der Waals surface area contributed by atoms with Gasteiger partial charge < -0.3 is 4.74 Å². The minimum absolute atomic E-state index is 0.270. The minimum Gasteiger partial charge on any atom is -0.435 e. The Balaban J connectivity index is 3.09. The molecule has 0 amide bonds. The maximum atomic E-state index is 10.6. The Morgan fingerprint density at radius 3 is 1.39 bits per heavy atom. The lowest BCUT2D eigenvalue weighted by Crippen LogP contribution is -1.88. The molecule has 2 nitrogen and oxygen atoms in total. The van der Waals surface area contributed by atoms with Gasteiger partial charge in [-0.25, -0.2) is 0 Å². The van der Waals surface area contributed by atoms with Gasteiger partial charge in [0.2, 0.25) is 0 Å². The number of carbonyl (C=O) groups excluding carboxylic acids is 1. The summed E-state index contributed by atoms with van der Waals surface area (Å²) in [5.74, 6) is -0.270. The van der Waals surface area contributed by atoms with Crippen molar-refractivity contribution in [3.63, 3.8) is 0 Å². The second kappa shape index (κ2) is 24.0. The van der Waals surface area contributed by atoms with Crippen LogP contribution in [-0.4, -0.2) is 5.97 Å². The molecule has 0 aromatic heterocycles. The zero-order valence-corrected chi connectivity index (χ0v) is 19.1. The molecule has 0 saturated carbocycles. The summed E-state index contributed by atoms with van der Waals surface area (Å²) in [6, 6.07) is 0. The van der Waals surface area contributed by atoms with E-state index in [1.807, 2.05) is 6.08 Å². The summed E-state index contributed by atoms with van der Waals surface area (Å²) >= 11 is 0. The van der Waals surface area contributed by atoms with Crippen LogP contribution in [-0.2, 0) is 9.53 Å². The zero-order chi connectivity index (χ0) is 20.5. The molecule has 0 aromatic rings. The molecule has 0 rings (SSSR count). The van der Waals surface area contributed by atoms with E-state index in [2.05, 4.69) is 13.0 Å². The molecule has 0 radical (unpaired) electrons. The first-order chi connectivity index (χ1) is 13.8. The van der Waals surface area contributed by atoms with Gasteiger partial charge in [-0.3, -0.25) is 4.79 Å². The van der Waals surface area contributed by atoms with E-state index in [0.717, 1.165) is 6.42 Å². The molecular formula is C26H48O2. The molecule has 0 saturated heterocycles. The summed E-state index contributed by atoms with van der Waals surface area (Å²) in [5, 5.41) is 0. The first kappa shape index (κ1) is 27.0. The number of esters is 1. The van der Waals surface area contributed by atoms with Crippen molar-refractivity contribution in [1.82, 2.24) is 0 Å². The predicted octanol–water partition coefficient (Wildman–Crippen LogP) is 9.05. The lowest BCUT2D eigenvalue weighted by molar-refractivity contribution is -0.135. The summed E-state index contributed by atoms with van der Waals surface area (Å²) in [6.07, 6.45) is 34.0. The first-order valence-electron chi connectivity index (χ1n) is 12.3. The molecule has 0 unspecified atom stereocenters. The molecule has 0 heterocycles. The average molecular weight is 393 g/mol. The van der Waals surface area contributed by atoms with Gasteiger partial charge in [-0.1, -0.05) is 128 Å². The number of hydrogen-bond donors (Lipinski definition) is 0. The highest BCUT2D eigenvalue weighted by Gasteiger charge is 1.94. The Bertz CT molecular complexity index is 371. The topological polar surface area (TPSA) is 26.3 Å². The monoisotopic (exact) mass is 392 g/mol. The smallest absolute Gasteiger partial charge is 0.307 e. The van der Waals surface area contributed by atoms with E-state index in [0.29, 0.717) is 0 Å². The number of allylic oxidation sites excluding steroid dienone is 3. The van der Waals surface area contributed by atoms with Crippen LogP contribution in [0.15, 0.2) is 24.5 Å². The third-order valence-electron chi connectivity index (χ3n) is 5.28. The van der Waals surface area contributed by atoms with E-state index in [-0.39, 0.29) is 5.97 Å². The first-order valence-corrected chi connectivity index (χ1v) is 12.3. The normalized spacial score (nSPS) is 11.6. The van der Waals surface area contributed by atoms with E-state index in [9.17, 15) is 4.79 Å². The van der Waals surface area contributed by atoms with Gasteiger partial charge in [0.1, 0.15) is 0 Å². The molecule has 0 spiro atoms. The molecule has 0 aliphatic carbocycles. The lowest BCUT2D eigenvalue weighted by atomic mass is 10.0. The predicted molar refractivity (Wildman–Crippen MR) is 123 cm³/mol. The molecule has 0 N–H and O–H groups in total. The van der Waals surface area contributed by atoms with Crippen LogP contribution in [0.1, 0.15) is 136 Å². The summed E-state index contributed by atoms with van der Waals surface area (Å²) in [6.45, 7) is 3.70. The molecule has 0 bridgehead atoms. The van der Waals surface area contributed by atoms with Gasteiger partial charge >= 0.3 is 5.97 Å². The molecule has 0 aliphatic heterocycles. The Morgan fingerprint density at radius 2 is 1.00 bits per heavy atom. The van der Waals surface area contributed by atoms with Crippen molar-refractivity contribution in [2.45, 2.75) is 136 Å². The number of hydrogen-bond acceptors (Lipinski definition) is 2. The molecular weight excluding hydrogens is 344 g/mol. The van der Waals surface area contributed by atoms with Crippen molar-refractivity contribution in [2.24, 2.45) is 0 Å². The van der Waals surface area contributed by atoms with Crippen LogP contribution in [0.2, 0.25) is 0 Å². The van der Waals surface area contributed by atoms with Crippen LogP contribution in [0.5, 0.6) is 0 Å². The zero-order valence-electron chi connectivity index (χ0n) is 19.1. The van der Waals surface area contributed by atoms with Crippen molar-refractivity contribution in [1.29, 1.82) is 0 Å². The number of rotatable bonds is 21. The summed E-state index contributed by atoms with van der Waals surface area (Å²) in [5.41, 5.74) is 0. The maximum Gasteiger partial charge on any atom is 0.307 e. The summed E-state index contributed by atoms with van der Waals surface area (Å²) in [7, 11) is 0. The van der Waals surface area contributed by atoms with Crippen LogP contribution in [0.3, 0.4) is 0 Å². The lowest BCUT2D eigenvalue weighted by Gasteiger charge is -2.03. The second-order valence-electron chi connectivity index (χ2n) is 8.17. The number of ether oxygens (including phenoxy) is 1. The molecule has 28 heavy (non-hydrogen) atoms. The van der Waals surface area contributed by atoms with Gasteiger partial charge in [-0.05, 0) is 18.9 Å². The third kappa shape index (κ3) is 24.9. The fourth-order valence-corrected chi connectivity index (χ4v) is 3.52. The third-order valence-corrected chi connectivity index (χ3v) is 5.28. The van der Waals surface area contributed by atoms with Gasteiger partial charge in [0.15, 0.2) is 0 Å². The van der Waals surface area contributed by atoms with E-state index < -0.39 is 0 Å². The van der Waals surface area contributed by atoms with Crippen molar-refractivity contribution in [3.8, 4) is 0 Å². The average Bonchev–Trinajstić information content (AvgIpc) is 2.68. The Labute approximate surface area is 176 Å². The quantitative estimate of drug-likeness (QED) is 0.0842. The number of carbonyl (C=O) groups is 1. The largest absolute Gasteiger partial charge is 0.435 e. The van der Waals surface area contributed by atoms with Crippen molar-refractivity contribution in [2.75, 3.05) is 0 Å². The van der Waals surface area contributed by atoms with E-state index in [1.165, 1.54) is 129 Å². The van der Waals surface area contributed by atoms with Crippen molar-refractivity contribution in [3.05, 3.63) is 24.5 Å². The Kier molecular flexibility index (Phi) is 23.1. The van der Waals surface area contributed by atoms with Gasteiger partial charge in [0.25, 0.3) is 0 Å². The molecule has 2 heteroatoms. The van der Waals surface area contributed by atoms with Gasteiger partial charge in [-0.15, -0.1) is 0 Å². The fraction of sp³-hybridized carbons (Fsp3) is 0.808. The second-order valence-corrected chi connectivity index (χ2v) is 8.17. The summed E-state index contributed by atoms with van der Waals surface area (Å²) < 4.78 is 4.71. The Morgan fingerprint density at radius 1 is 0.607 bits per heavy atom. The Hall–Kier alpha value is -1.05. The van der Waals surface area contributed by atoms with Crippen LogP contribution in [0, 0.1) is 0 Å². The van der Waals surface area contributed by atoms with Crippen molar-refractivity contribution < 1.29 is 9.53 Å². The van der Waals surface area contributed by atoms with Gasteiger partial charge in [-0.2, -0.15) is 0 Å². The molecule has 0 atom stereocenters. The van der Waals surface area contributed by atoms with Crippen molar-refractivity contribution >= 4 is 5.97 Å². The standard InChI is InChI=1S/C26H48O2/c1-3-4-5-6-7-8-9-10-11-12-13-14-15-16-17-18-19-20-21-22-23-24-25-28-26(2)27/h22-25H,3-21H2,1-2H3. The molecule has 0 aliphatic rings. The highest BCUT2D eigenvalue weighted by molar-refractivity contribution is 5.66. The van der Waals surface area contributed by atoms with Crippen LogP contribution in [0.4, 0.5) is 0 Å². The minimum atomic E-state index is -0.270. The molecule has 164 valence electrons. The number of unbranched alkanes of at least 4 members (excludes halogenated alkanes) is 18. The van der Waals surface area contributed by atoms with E-state index in [1.54, 1.807) is 6.08 Å². The van der Waals surface area contributed by atoms with E-state index in [4.69, 9.17) is 4.74 Å². The SMILES string of the molecule is CCCCCCCCCCCCCCCCCCCCC=CC=COC(C)=O. The van der Waals surface area contributed by atoms with Crippen LogP contribution < -0.4 is 0 Å². The van der Waals surface area contributed by atoms with Gasteiger partial charge in [0, 0.05) is 6.92 Å². The van der Waals surface area contributed by atoms with E-state index >= 15 is 0 Å². The molecule has 0 aromatic carbocycles. The van der Waals surface area contributed by atoms with Crippen LogP contribution in [0.25, 0.3) is 0 Å². The highest BCUT2D eigenvalue weighted by Crippen LogP contribution is 2.14. The van der Waals surface area contributed by atoms with Gasteiger partial charge in [0.05, 0.1) is 6.26 Å². The highest BCUT2D eigenvalue weighted by atomic mass is 16.5. The maximum absolute atomic E-state index is 10.6. The summed E-state index contributed by atoms with van der Waals surface area (Å²) in [4.78, 5) is 10.6. The fourth-order valence-electron chi connectivity index (χ4n) is 3.52. The van der Waals surface area contributed by atoms with Crippen LogP contribution >= 0.6 is 0 Å².